The largest absolute Gasteiger partial charge is 0.459 e. The Morgan fingerprint density at radius 2 is 2.45 bits per heavy atom. The molecule has 0 spiro atoms. The van der Waals surface area contributed by atoms with Crippen LogP contribution in [0.25, 0.3) is 0 Å². The molecule has 20 heavy (non-hydrogen) atoms. The Bertz CT molecular complexity index is 471. The lowest BCUT2D eigenvalue weighted by Crippen LogP contribution is -2.43. The Morgan fingerprint density at radius 3 is 3.15 bits per heavy atom. The van der Waals surface area contributed by atoms with Crippen LogP contribution in [0.3, 0.4) is 0 Å². The van der Waals surface area contributed by atoms with E-state index in [-0.39, 0.29) is 11.3 Å². The molecular weight excluding hydrogens is 256 g/mol. The summed E-state index contributed by atoms with van der Waals surface area (Å²) in [5.41, 5.74) is 0.0620. The van der Waals surface area contributed by atoms with Crippen molar-refractivity contribution in [3.8, 4) is 0 Å². The number of furan rings is 1. The van der Waals surface area contributed by atoms with E-state index < -0.39 is 0 Å². The minimum absolute atomic E-state index is 0.0620. The molecule has 3 heterocycles. The molecule has 1 amide bonds. The number of hydrogen-bond acceptors (Lipinski definition) is 4. The van der Waals surface area contributed by atoms with Gasteiger partial charge in [-0.1, -0.05) is 0 Å². The lowest BCUT2D eigenvalue weighted by atomic mass is 9.81. The van der Waals surface area contributed by atoms with Crippen LogP contribution >= 0.6 is 0 Å². The number of nitrogens with one attached hydrogen (secondary N) is 1. The zero-order valence-electron chi connectivity index (χ0n) is 12.1. The van der Waals surface area contributed by atoms with Gasteiger partial charge in [-0.15, -0.1) is 0 Å². The highest BCUT2D eigenvalue weighted by Gasteiger charge is 2.51. The highest BCUT2D eigenvalue weighted by atomic mass is 16.5. The number of ether oxygens (including phenoxy) is 1. The number of carbonyl (C=O) groups excluding carboxylic acids is 1. The molecule has 5 nitrogen and oxygen atoms in total. The van der Waals surface area contributed by atoms with Gasteiger partial charge >= 0.3 is 0 Å². The molecule has 0 aliphatic carbocycles. The first kappa shape index (κ1) is 13.6. The van der Waals surface area contributed by atoms with Crippen LogP contribution in [0, 0.1) is 11.3 Å². The van der Waals surface area contributed by atoms with Crippen molar-refractivity contribution in [2.24, 2.45) is 11.3 Å². The van der Waals surface area contributed by atoms with Crippen LogP contribution in [0.15, 0.2) is 22.8 Å². The lowest BCUT2D eigenvalue weighted by molar-refractivity contribution is 0.0872. The zero-order chi connectivity index (χ0) is 14.2. The Hall–Kier alpha value is -1.33. The molecule has 1 aromatic heterocycles. The molecule has 0 bridgehead atoms. The van der Waals surface area contributed by atoms with Crippen LogP contribution in [-0.4, -0.2) is 49.7 Å². The van der Waals surface area contributed by atoms with Gasteiger partial charge in [-0.3, -0.25) is 9.69 Å². The fraction of sp³-hybridized carbons (Fsp3) is 0.667. The van der Waals surface area contributed by atoms with Gasteiger partial charge in [0.15, 0.2) is 5.76 Å². The Balaban J connectivity index is 1.64. The SMILES string of the molecule is CC(C)N1C[C@@H]2COC[C@]2(CNC(=O)c2ccco2)C1. The summed E-state index contributed by atoms with van der Waals surface area (Å²) in [4.78, 5) is 14.5. The summed E-state index contributed by atoms with van der Waals surface area (Å²) in [7, 11) is 0. The van der Waals surface area contributed by atoms with Gasteiger partial charge < -0.3 is 14.5 Å². The summed E-state index contributed by atoms with van der Waals surface area (Å²) in [5.74, 6) is 0.746. The van der Waals surface area contributed by atoms with Crippen molar-refractivity contribution < 1.29 is 13.9 Å². The van der Waals surface area contributed by atoms with E-state index in [9.17, 15) is 4.79 Å². The van der Waals surface area contributed by atoms with Crippen LogP contribution in [0.4, 0.5) is 0 Å². The van der Waals surface area contributed by atoms with E-state index in [4.69, 9.17) is 9.15 Å². The minimum Gasteiger partial charge on any atom is -0.459 e. The van der Waals surface area contributed by atoms with Crippen molar-refractivity contribution in [1.29, 1.82) is 0 Å². The fourth-order valence-electron chi connectivity index (χ4n) is 3.27. The maximum absolute atomic E-state index is 12.0. The van der Waals surface area contributed by atoms with Crippen molar-refractivity contribution in [3.63, 3.8) is 0 Å². The van der Waals surface area contributed by atoms with Gasteiger partial charge in [0.1, 0.15) is 0 Å². The van der Waals surface area contributed by atoms with Crippen LogP contribution < -0.4 is 5.32 Å². The predicted molar refractivity (Wildman–Crippen MR) is 74.5 cm³/mol. The van der Waals surface area contributed by atoms with Crippen molar-refractivity contribution in [2.45, 2.75) is 19.9 Å². The third-order valence-corrected chi connectivity index (χ3v) is 4.62. The molecule has 110 valence electrons. The summed E-state index contributed by atoms with van der Waals surface area (Å²) in [5, 5.41) is 3.01. The molecule has 1 aromatic rings. The molecule has 2 saturated heterocycles. The van der Waals surface area contributed by atoms with Crippen LogP contribution in [0.5, 0.6) is 0 Å². The Kier molecular flexibility index (Phi) is 3.56. The third kappa shape index (κ3) is 2.36. The van der Waals surface area contributed by atoms with Gasteiger partial charge in [0.25, 0.3) is 5.91 Å². The number of nitrogens with zero attached hydrogens (tertiary/aromatic N) is 1. The molecule has 5 heteroatoms. The summed E-state index contributed by atoms with van der Waals surface area (Å²) in [6.45, 7) is 8.69. The maximum atomic E-state index is 12.0. The van der Waals surface area contributed by atoms with Gasteiger partial charge in [0.05, 0.1) is 19.5 Å². The average molecular weight is 278 g/mol. The first-order chi connectivity index (χ1) is 9.61. The maximum Gasteiger partial charge on any atom is 0.286 e. The molecule has 0 radical (unpaired) electrons. The second kappa shape index (κ2) is 5.22. The molecule has 2 aliphatic heterocycles. The van der Waals surface area contributed by atoms with Crippen molar-refractivity contribution in [2.75, 3.05) is 32.8 Å². The van der Waals surface area contributed by atoms with E-state index in [2.05, 4.69) is 24.1 Å². The van der Waals surface area contributed by atoms with Gasteiger partial charge in [-0.2, -0.15) is 0 Å². The van der Waals surface area contributed by atoms with Crippen LogP contribution in [0.2, 0.25) is 0 Å². The first-order valence-corrected chi connectivity index (χ1v) is 7.24. The van der Waals surface area contributed by atoms with E-state index in [0.29, 0.717) is 24.3 Å². The zero-order valence-corrected chi connectivity index (χ0v) is 12.1. The normalized spacial score (nSPS) is 29.9. The quantitative estimate of drug-likeness (QED) is 0.903. The summed E-state index contributed by atoms with van der Waals surface area (Å²) in [6.07, 6.45) is 1.52. The number of hydrogen-bond donors (Lipinski definition) is 1. The molecule has 0 unspecified atom stereocenters. The van der Waals surface area contributed by atoms with E-state index in [1.54, 1.807) is 12.1 Å². The second-order valence-electron chi connectivity index (χ2n) is 6.26. The molecule has 0 aromatic carbocycles. The van der Waals surface area contributed by atoms with Crippen molar-refractivity contribution in [3.05, 3.63) is 24.2 Å². The van der Waals surface area contributed by atoms with E-state index in [1.807, 2.05) is 0 Å². The summed E-state index contributed by atoms with van der Waals surface area (Å²) in [6, 6.07) is 3.95. The average Bonchev–Trinajstić information content (AvgIpc) is 3.10. The third-order valence-electron chi connectivity index (χ3n) is 4.62. The molecule has 2 atom stereocenters. The summed E-state index contributed by atoms with van der Waals surface area (Å²) < 4.78 is 10.8. The molecule has 2 aliphatic rings. The second-order valence-corrected chi connectivity index (χ2v) is 6.26. The molecule has 3 rings (SSSR count). The number of carbonyl (C=O) groups is 1. The molecule has 1 N–H and O–H groups in total. The molecular formula is C15H22N2O3. The van der Waals surface area contributed by atoms with Gasteiger partial charge in [0, 0.05) is 37.0 Å². The smallest absolute Gasteiger partial charge is 0.286 e. The minimum atomic E-state index is -0.141. The number of amides is 1. The van der Waals surface area contributed by atoms with Crippen molar-refractivity contribution >= 4 is 5.91 Å². The fourth-order valence-corrected chi connectivity index (χ4v) is 3.27. The Labute approximate surface area is 119 Å². The highest BCUT2D eigenvalue weighted by molar-refractivity contribution is 5.91. The Morgan fingerprint density at radius 1 is 1.60 bits per heavy atom. The number of rotatable bonds is 4. The standard InChI is InChI=1S/C15H22N2O3/c1-11(2)17-6-12-7-19-10-15(12,9-17)8-16-14(18)13-4-3-5-20-13/h3-5,11-12H,6-10H2,1-2H3,(H,16,18)/t12-,15+/m1/s1. The van der Waals surface area contributed by atoms with E-state index >= 15 is 0 Å². The number of likely N-dealkylation sites (tertiary alicyclic amines) is 1. The monoisotopic (exact) mass is 278 g/mol. The van der Waals surface area contributed by atoms with E-state index in [0.717, 1.165) is 26.3 Å². The van der Waals surface area contributed by atoms with Crippen molar-refractivity contribution in [1.82, 2.24) is 10.2 Å². The lowest BCUT2D eigenvalue weighted by Gasteiger charge is -2.28. The summed E-state index contributed by atoms with van der Waals surface area (Å²) >= 11 is 0. The van der Waals surface area contributed by atoms with Gasteiger partial charge in [-0.05, 0) is 26.0 Å². The van der Waals surface area contributed by atoms with Crippen LogP contribution in [0.1, 0.15) is 24.4 Å². The topological polar surface area (TPSA) is 54.7 Å². The van der Waals surface area contributed by atoms with Gasteiger partial charge in [-0.25, -0.2) is 0 Å². The van der Waals surface area contributed by atoms with Gasteiger partial charge in [0.2, 0.25) is 0 Å². The molecule has 2 fully saturated rings. The van der Waals surface area contributed by atoms with Crippen LogP contribution in [-0.2, 0) is 4.74 Å². The number of fused-ring (bicyclic) bond motifs is 1. The first-order valence-electron chi connectivity index (χ1n) is 7.24. The van der Waals surface area contributed by atoms with E-state index in [1.165, 1.54) is 6.26 Å². The molecule has 0 saturated carbocycles. The predicted octanol–water partition coefficient (Wildman–Crippen LogP) is 1.37. The highest BCUT2D eigenvalue weighted by Crippen LogP contribution is 2.41.